The molecule has 0 radical (unpaired) electrons. The molecule has 2 aliphatic rings. The summed E-state index contributed by atoms with van der Waals surface area (Å²) >= 11 is 1.68. The van der Waals surface area contributed by atoms with E-state index in [1.807, 2.05) is 12.1 Å². The molecular formula is C22H29N3O2S. The third-order valence-corrected chi connectivity index (χ3v) is 6.49. The van der Waals surface area contributed by atoms with E-state index in [4.69, 9.17) is 19.6 Å². The summed E-state index contributed by atoms with van der Waals surface area (Å²) in [6.45, 7) is 0. The van der Waals surface area contributed by atoms with E-state index >= 15 is 0 Å². The number of benzene rings is 1. The van der Waals surface area contributed by atoms with Crippen LogP contribution < -0.4 is 14.3 Å². The fourth-order valence-electron chi connectivity index (χ4n) is 4.07. The molecule has 0 N–H and O–H groups in total. The molecule has 28 heavy (non-hydrogen) atoms. The zero-order valence-electron chi connectivity index (χ0n) is 16.8. The van der Waals surface area contributed by atoms with Gasteiger partial charge in [0.2, 0.25) is 4.80 Å². The molecule has 0 amide bonds. The van der Waals surface area contributed by atoms with Crippen molar-refractivity contribution in [3.8, 4) is 22.8 Å². The molecule has 0 aliphatic heterocycles. The number of hydrogen-bond donors (Lipinski definition) is 0. The summed E-state index contributed by atoms with van der Waals surface area (Å²) in [4.78, 5) is 6.10. The lowest BCUT2D eigenvalue weighted by molar-refractivity contribution is 0.395. The highest BCUT2D eigenvalue weighted by molar-refractivity contribution is 7.07. The third-order valence-electron chi connectivity index (χ3n) is 5.66. The van der Waals surface area contributed by atoms with Crippen LogP contribution in [0.3, 0.4) is 0 Å². The van der Waals surface area contributed by atoms with Crippen LogP contribution in [0.25, 0.3) is 11.3 Å². The minimum absolute atomic E-state index is 0.424. The molecule has 0 bridgehead atoms. The Bertz CT molecular complexity index is 899. The summed E-state index contributed by atoms with van der Waals surface area (Å²) in [7, 11) is 3.37. The molecule has 1 aromatic carbocycles. The van der Waals surface area contributed by atoms with Crippen molar-refractivity contribution in [2.75, 3.05) is 14.2 Å². The SMILES string of the molecule is COc1ccc(-c2csc(=NC3CCCCC3)n2N=C2CCCC2)c(OC)c1. The lowest BCUT2D eigenvalue weighted by Crippen LogP contribution is -2.19. The van der Waals surface area contributed by atoms with Gasteiger partial charge < -0.3 is 9.47 Å². The predicted octanol–water partition coefficient (Wildman–Crippen LogP) is 5.25. The zero-order valence-corrected chi connectivity index (χ0v) is 17.6. The van der Waals surface area contributed by atoms with Gasteiger partial charge in [-0.1, -0.05) is 19.3 Å². The van der Waals surface area contributed by atoms with Gasteiger partial charge >= 0.3 is 0 Å². The number of aromatic nitrogens is 1. The van der Waals surface area contributed by atoms with Gasteiger partial charge in [-0.3, -0.25) is 4.99 Å². The summed E-state index contributed by atoms with van der Waals surface area (Å²) in [6, 6.07) is 6.38. The van der Waals surface area contributed by atoms with Crippen LogP contribution in [0.1, 0.15) is 57.8 Å². The van der Waals surface area contributed by atoms with Crippen LogP contribution in [0.4, 0.5) is 0 Å². The van der Waals surface area contributed by atoms with Crippen molar-refractivity contribution in [2.24, 2.45) is 10.1 Å². The van der Waals surface area contributed by atoms with Crippen molar-refractivity contribution in [3.05, 3.63) is 28.4 Å². The molecule has 2 aliphatic carbocycles. The third kappa shape index (κ3) is 4.17. The normalized spacial score (nSPS) is 18.5. The zero-order chi connectivity index (χ0) is 19.3. The highest BCUT2D eigenvalue weighted by Gasteiger charge is 2.18. The molecule has 1 aromatic heterocycles. The minimum atomic E-state index is 0.424. The van der Waals surface area contributed by atoms with Gasteiger partial charge in [-0.05, 0) is 50.7 Å². The fourth-order valence-corrected chi connectivity index (χ4v) is 4.96. The summed E-state index contributed by atoms with van der Waals surface area (Å²) in [5.74, 6) is 1.58. The minimum Gasteiger partial charge on any atom is -0.497 e. The molecule has 0 saturated heterocycles. The second-order valence-electron chi connectivity index (χ2n) is 7.58. The molecule has 150 valence electrons. The van der Waals surface area contributed by atoms with Gasteiger partial charge in [-0.2, -0.15) is 5.10 Å². The Hall–Kier alpha value is -2.08. The number of hydrogen-bond acceptors (Lipinski definition) is 5. The van der Waals surface area contributed by atoms with Gasteiger partial charge in [0.25, 0.3) is 0 Å². The van der Waals surface area contributed by atoms with E-state index < -0.39 is 0 Å². The first kappa shape index (κ1) is 19.2. The summed E-state index contributed by atoms with van der Waals surface area (Å²) in [5.41, 5.74) is 3.34. The van der Waals surface area contributed by atoms with Crippen molar-refractivity contribution in [1.29, 1.82) is 0 Å². The molecule has 0 atom stereocenters. The standard InChI is InChI=1S/C22H29N3O2S/c1-26-18-12-13-19(21(14-18)27-2)20-15-28-22(23-16-8-4-3-5-9-16)25(20)24-17-10-6-7-11-17/h12-16H,3-11H2,1-2H3. The van der Waals surface area contributed by atoms with Gasteiger partial charge in [0, 0.05) is 22.7 Å². The monoisotopic (exact) mass is 399 g/mol. The van der Waals surface area contributed by atoms with Gasteiger partial charge in [0.05, 0.1) is 26.0 Å². The van der Waals surface area contributed by atoms with Gasteiger partial charge in [0.15, 0.2) is 0 Å². The molecule has 4 rings (SSSR count). The van der Waals surface area contributed by atoms with E-state index in [2.05, 4.69) is 16.1 Å². The van der Waals surface area contributed by atoms with Crippen molar-refractivity contribution in [1.82, 2.24) is 4.68 Å². The second kappa shape index (κ2) is 8.95. The fraction of sp³-hybridized carbons (Fsp3) is 0.545. The number of methoxy groups -OCH3 is 2. The molecule has 6 heteroatoms. The highest BCUT2D eigenvalue weighted by atomic mass is 32.1. The van der Waals surface area contributed by atoms with Gasteiger partial charge in [-0.25, -0.2) is 4.68 Å². The quantitative estimate of drug-likeness (QED) is 0.690. The molecule has 1 heterocycles. The maximum atomic E-state index is 5.66. The lowest BCUT2D eigenvalue weighted by Gasteiger charge is -2.17. The topological polar surface area (TPSA) is 48.1 Å². The van der Waals surface area contributed by atoms with Crippen molar-refractivity contribution in [3.63, 3.8) is 0 Å². The Morgan fingerprint density at radius 1 is 1.00 bits per heavy atom. The Balaban J connectivity index is 1.81. The number of thiazole rings is 1. The molecular weight excluding hydrogens is 370 g/mol. The molecule has 0 unspecified atom stereocenters. The average Bonchev–Trinajstić information content (AvgIpc) is 3.39. The van der Waals surface area contributed by atoms with E-state index in [9.17, 15) is 0 Å². The molecule has 2 aromatic rings. The maximum absolute atomic E-state index is 5.66. The average molecular weight is 400 g/mol. The second-order valence-corrected chi connectivity index (χ2v) is 8.41. The summed E-state index contributed by atoms with van der Waals surface area (Å²) in [6.07, 6.45) is 10.9. The Kier molecular flexibility index (Phi) is 6.15. The van der Waals surface area contributed by atoms with E-state index in [-0.39, 0.29) is 0 Å². The number of rotatable bonds is 5. The van der Waals surface area contributed by atoms with E-state index in [1.54, 1.807) is 25.6 Å². The Labute approximate surface area is 170 Å². The van der Waals surface area contributed by atoms with Crippen molar-refractivity contribution >= 4 is 17.0 Å². The van der Waals surface area contributed by atoms with Crippen LogP contribution in [0.15, 0.2) is 33.7 Å². The maximum Gasteiger partial charge on any atom is 0.206 e. The predicted molar refractivity (Wildman–Crippen MR) is 115 cm³/mol. The van der Waals surface area contributed by atoms with Crippen LogP contribution in [0.5, 0.6) is 11.5 Å². The van der Waals surface area contributed by atoms with Gasteiger partial charge in [0.1, 0.15) is 11.5 Å². The number of ether oxygens (including phenoxy) is 2. The summed E-state index contributed by atoms with van der Waals surface area (Å²) < 4.78 is 13.1. The molecule has 2 fully saturated rings. The molecule has 5 nitrogen and oxygen atoms in total. The molecule has 2 saturated carbocycles. The lowest BCUT2D eigenvalue weighted by atomic mass is 9.96. The van der Waals surface area contributed by atoms with Crippen LogP contribution >= 0.6 is 11.3 Å². The van der Waals surface area contributed by atoms with Crippen LogP contribution in [-0.4, -0.2) is 30.6 Å². The van der Waals surface area contributed by atoms with Crippen LogP contribution in [0, 0.1) is 0 Å². The van der Waals surface area contributed by atoms with Crippen LogP contribution in [0.2, 0.25) is 0 Å². The van der Waals surface area contributed by atoms with Crippen molar-refractivity contribution < 1.29 is 9.47 Å². The summed E-state index contributed by atoms with van der Waals surface area (Å²) in [5, 5.41) is 7.20. The first-order valence-electron chi connectivity index (χ1n) is 10.3. The van der Waals surface area contributed by atoms with Crippen molar-refractivity contribution in [2.45, 2.75) is 63.8 Å². The number of nitrogens with zero attached hydrogens (tertiary/aromatic N) is 3. The first-order valence-corrected chi connectivity index (χ1v) is 11.2. The molecule has 0 spiro atoms. The van der Waals surface area contributed by atoms with E-state index in [0.717, 1.165) is 40.4 Å². The van der Waals surface area contributed by atoms with E-state index in [0.29, 0.717) is 6.04 Å². The highest BCUT2D eigenvalue weighted by Crippen LogP contribution is 2.34. The largest absolute Gasteiger partial charge is 0.497 e. The Morgan fingerprint density at radius 2 is 1.79 bits per heavy atom. The Morgan fingerprint density at radius 3 is 2.50 bits per heavy atom. The van der Waals surface area contributed by atoms with Gasteiger partial charge in [-0.15, -0.1) is 11.3 Å². The smallest absolute Gasteiger partial charge is 0.206 e. The first-order chi connectivity index (χ1) is 13.8. The van der Waals surface area contributed by atoms with E-state index in [1.165, 1.54) is 50.7 Å². The van der Waals surface area contributed by atoms with Crippen LogP contribution in [-0.2, 0) is 0 Å².